The second-order valence-corrected chi connectivity index (χ2v) is 10.1. The number of anilines is 1. The van der Waals surface area contributed by atoms with Crippen LogP contribution in [0.25, 0.3) is 0 Å². The van der Waals surface area contributed by atoms with E-state index in [1.807, 2.05) is 12.1 Å². The molecule has 2 aromatic carbocycles. The number of Topliss-reactive ketones (excluding diaryl/α,β-unsaturated/α-hetero) is 1. The van der Waals surface area contributed by atoms with E-state index in [0.29, 0.717) is 23.7 Å². The Morgan fingerprint density at radius 1 is 1.12 bits per heavy atom. The summed E-state index contributed by atoms with van der Waals surface area (Å²) in [5.74, 6) is 1.59. The van der Waals surface area contributed by atoms with Crippen molar-refractivity contribution in [3.63, 3.8) is 0 Å². The maximum atomic E-state index is 12.7. The molecule has 6 nitrogen and oxygen atoms in total. The summed E-state index contributed by atoms with van der Waals surface area (Å²) >= 11 is 0. The van der Waals surface area contributed by atoms with Crippen LogP contribution >= 0.6 is 0 Å². The van der Waals surface area contributed by atoms with E-state index in [1.54, 1.807) is 24.3 Å². The van der Waals surface area contributed by atoms with Crippen LogP contribution in [0.3, 0.4) is 0 Å². The molecule has 6 heteroatoms. The van der Waals surface area contributed by atoms with Crippen molar-refractivity contribution in [3.8, 4) is 5.75 Å². The molecule has 3 aliphatic heterocycles. The molecule has 174 valence electrons. The van der Waals surface area contributed by atoms with Gasteiger partial charge >= 0.3 is 0 Å². The molecule has 0 spiro atoms. The van der Waals surface area contributed by atoms with Crippen molar-refractivity contribution in [2.75, 3.05) is 25.0 Å². The lowest BCUT2D eigenvalue weighted by Gasteiger charge is -2.53. The molecule has 3 heterocycles. The van der Waals surface area contributed by atoms with Crippen molar-refractivity contribution >= 4 is 17.4 Å². The second-order valence-electron chi connectivity index (χ2n) is 10.1. The van der Waals surface area contributed by atoms with Gasteiger partial charge < -0.3 is 14.8 Å². The number of hydrogen-bond donors (Lipinski definition) is 1. The molecule has 4 atom stereocenters. The number of para-hydroxylation sites is 1. The number of ether oxygens (including phenoxy) is 2. The fourth-order valence-electron chi connectivity index (χ4n) is 5.67. The highest BCUT2D eigenvalue weighted by Gasteiger charge is 2.51. The molecule has 0 unspecified atom stereocenters. The maximum absolute atomic E-state index is 12.7. The van der Waals surface area contributed by atoms with Crippen LogP contribution in [-0.2, 0) is 9.53 Å². The average molecular weight is 449 g/mol. The summed E-state index contributed by atoms with van der Waals surface area (Å²) < 4.78 is 13.1. The lowest BCUT2D eigenvalue weighted by molar-refractivity contribution is -0.187. The fraction of sp³-hybridized carbons (Fsp3) is 0.481. The molecule has 2 saturated heterocycles. The predicted octanol–water partition coefficient (Wildman–Crippen LogP) is 4.47. The third kappa shape index (κ3) is 4.42. The Morgan fingerprint density at radius 3 is 2.64 bits per heavy atom. The van der Waals surface area contributed by atoms with Crippen molar-refractivity contribution in [1.29, 1.82) is 0 Å². The molecule has 2 fully saturated rings. The average Bonchev–Trinajstić information content (AvgIpc) is 2.78. The zero-order chi connectivity index (χ0) is 23.2. The van der Waals surface area contributed by atoms with Crippen LogP contribution in [0, 0.1) is 11.8 Å². The van der Waals surface area contributed by atoms with Gasteiger partial charge in [0.1, 0.15) is 11.4 Å². The van der Waals surface area contributed by atoms with Crippen molar-refractivity contribution in [3.05, 3.63) is 59.7 Å². The lowest BCUT2D eigenvalue weighted by atomic mass is 9.70. The Hall–Kier alpha value is -2.70. The van der Waals surface area contributed by atoms with E-state index in [1.165, 1.54) is 6.92 Å². The zero-order valence-electron chi connectivity index (χ0n) is 19.5. The zero-order valence-corrected chi connectivity index (χ0v) is 19.5. The van der Waals surface area contributed by atoms with Crippen LogP contribution in [-0.4, -0.2) is 47.9 Å². The number of likely N-dealkylation sites (tertiary alicyclic amines) is 1. The van der Waals surface area contributed by atoms with Crippen LogP contribution in [0.1, 0.15) is 55.6 Å². The monoisotopic (exact) mass is 448 g/mol. The van der Waals surface area contributed by atoms with E-state index in [4.69, 9.17) is 9.47 Å². The SMILES string of the molecule is CC(=O)c1ccc(NC(=O)CN2CC[C@@H]3O[C@@H]4c5ccccc5OC(C)(C)[C@H]4C[C@@H]3C2)cc1. The predicted molar refractivity (Wildman–Crippen MR) is 126 cm³/mol. The molecule has 0 aliphatic carbocycles. The summed E-state index contributed by atoms with van der Waals surface area (Å²) in [5.41, 5.74) is 2.22. The molecule has 3 aliphatic rings. The van der Waals surface area contributed by atoms with E-state index in [-0.39, 0.29) is 35.4 Å². The lowest BCUT2D eigenvalue weighted by Crippen LogP contribution is -2.55. The van der Waals surface area contributed by atoms with Gasteiger partial charge in [-0.25, -0.2) is 0 Å². The minimum Gasteiger partial charge on any atom is -0.487 e. The number of ketones is 1. The Balaban J connectivity index is 1.22. The van der Waals surface area contributed by atoms with Crippen LogP contribution in [0.15, 0.2) is 48.5 Å². The van der Waals surface area contributed by atoms with E-state index in [2.05, 4.69) is 36.2 Å². The second kappa shape index (κ2) is 8.58. The smallest absolute Gasteiger partial charge is 0.238 e. The van der Waals surface area contributed by atoms with Crippen molar-refractivity contribution in [1.82, 2.24) is 4.90 Å². The third-order valence-electron chi connectivity index (χ3n) is 7.43. The highest BCUT2D eigenvalue weighted by Crippen LogP contribution is 2.52. The molecule has 2 aromatic rings. The van der Waals surface area contributed by atoms with Gasteiger partial charge in [-0.1, -0.05) is 18.2 Å². The molecule has 33 heavy (non-hydrogen) atoms. The molecule has 0 radical (unpaired) electrons. The van der Waals surface area contributed by atoms with E-state index >= 15 is 0 Å². The summed E-state index contributed by atoms with van der Waals surface area (Å²) in [6.07, 6.45) is 2.24. The number of benzene rings is 2. The Bertz CT molecular complexity index is 1050. The highest BCUT2D eigenvalue weighted by atomic mass is 16.5. The van der Waals surface area contributed by atoms with E-state index in [9.17, 15) is 9.59 Å². The summed E-state index contributed by atoms with van der Waals surface area (Å²) in [5, 5.41) is 2.95. The van der Waals surface area contributed by atoms with E-state index < -0.39 is 0 Å². The fourth-order valence-corrected chi connectivity index (χ4v) is 5.67. The van der Waals surface area contributed by atoms with Crippen molar-refractivity contribution in [2.24, 2.45) is 11.8 Å². The first-order valence-corrected chi connectivity index (χ1v) is 11.9. The first kappa shape index (κ1) is 22.1. The number of carbonyl (C=O) groups is 2. The van der Waals surface area contributed by atoms with Crippen LogP contribution in [0.2, 0.25) is 0 Å². The van der Waals surface area contributed by atoms with Gasteiger partial charge in [0.15, 0.2) is 5.78 Å². The molecular weight excluding hydrogens is 416 g/mol. The van der Waals surface area contributed by atoms with Gasteiger partial charge in [0, 0.05) is 35.8 Å². The van der Waals surface area contributed by atoms with Gasteiger partial charge in [0.05, 0.1) is 18.8 Å². The molecule has 0 saturated carbocycles. The Kier molecular flexibility index (Phi) is 5.75. The molecule has 5 rings (SSSR count). The first-order chi connectivity index (χ1) is 15.8. The number of carbonyl (C=O) groups excluding carboxylic acids is 2. The van der Waals surface area contributed by atoms with Gasteiger partial charge in [-0.15, -0.1) is 0 Å². The Labute approximate surface area is 195 Å². The quantitative estimate of drug-likeness (QED) is 0.699. The van der Waals surface area contributed by atoms with Gasteiger partial charge in [-0.05, 0) is 69.9 Å². The number of nitrogens with one attached hydrogen (secondary N) is 1. The maximum Gasteiger partial charge on any atom is 0.238 e. The molecule has 1 amide bonds. The topological polar surface area (TPSA) is 67.9 Å². The van der Waals surface area contributed by atoms with Gasteiger partial charge in [-0.2, -0.15) is 0 Å². The number of amides is 1. The minimum absolute atomic E-state index is 0.0164. The van der Waals surface area contributed by atoms with E-state index in [0.717, 1.165) is 37.2 Å². The summed E-state index contributed by atoms with van der Waals surface area (Å²) in [6, 6.07) is 15.3. The number of rotatable bonds is 4. The van der Waals surface area contributed by atoms with Crippen LogP contribution in [0.4, 0.5) is 5.69 Å². The summed E-state index contributed by atoms with van der Waals surface area (Å²) in [7, 11) is 0. The summed E-state index contributed by atoms with van der Waals surface area (Å²) in [4.78, 5) is 26.3. The van der Waals surface area contributed by atoms with Gasteiger partial charge in [-0.3, -0.25) is 14.5 Å². The number of hydrogen-bond acceptors (Lipinski definition) is 5. The van der Waals surface area contributed by atoms with Gasteiger partial charge in [0.25, 0.3) is 0 Å². The molecule has 0 bridgehead atoms. The van der Waals surface area contributed by atoms with Crippen molar-refractivity contribution in [2.45, 2.75) is 51.4 Å². The third-order valence-corrected chi connectivity index (χ3v) is 7.43. The largest absolute Gasteiger partial charge is 0.487 e. The van der Waals surface area contributed by atoms with Gasteiger partial charge in [0.2, 0.25) is 5.91 Å². The molecular formula is C27H32N2O4. The summed E-state index contributed by atoms with van der Waals surface area (Å²) in [6.45, 7) is 7.91. The molecule has 0 aromatic heterocycles. The van der Waals surface area contributed by atoms with Crippen LogP contribution < -0.4 is 10.1 Å². The molecule has 1 N–H and O–H groups in total. The van der Waals surface area contributed by atoms with Crippen molar-refractivity contribution < 1.29 is 19.1 Å². The van der Waals surface area contributed by atoms with Crippen LogP contribution in [0.5, 0.6) is 5.75 Å². The first-order valence-electron chi connectivity index (χ1n) is 11.9. The number of nitrogens with zero attached hydrogens (tertiary/aromatic N) is 1. The standard InChI is InChI=1S/C27H32N2O4/c1-17(30)18-8-10-20(11-9-18)28-25(31)16-29-13-12-23-19(15-29)14-22-26(32-23)21-6-4-5-7-24(21)33-27(22,2)3/h4-11,19,22-23,26H,12-16H2,1-3H3,(H,28,31)/t19-,22+,23+,26-/m1/s1. The number of piperidine rings is 1. The highest BCUT2D eigenvalue weighted by molar-refractivity contribution is 5.96. The number of fused-ring (bicyclic) bond motifs is 4. The Morgan fingerprint density at radius 2 is 1.88 bits per heavy atom. The normalized spacial score (nSPS) is 28.0. The minimum atomic E-state index is -0.296.